The number of hydrogen-bond acceptors (Lipinski definition) is 3. The fraction of sp³-hybridized carbons (Fsp3) is 0.667. The molecule has 3 nitrogen and oxygen atoms in total. The molecule has 0 bridgehead atoms. The minimum Gasteiger partial charge on any atom is -0.397 e. The van der Waals surface area contributed by atoms with Crippen molar-refractivity contribution in [1.82, 2.24) is 5.32 Å². The quantitative estimate of drug-likeness (QED) is 0.868. The monoisotopic (exact) mass is 280 g/mol. The number of amides is 1. The van der Waals surface area contributed by atoms with Gasteiger partial charge in [0.25, 0.3) is 5.91 Å². The lowest BCUT2D eigenvalue weighted by Crippen LogP contribution is -2.45. The highest BCUT2D eigenvalue weighted by Crippen LogP contribution is 2.45. The Kier molecular flexibility index (Phi) is 3.65. The van der Waals surface area contributed by atoms with Gasteiger partial charge in [-0.3, -0.25) is 4.79 Å². The van der Waals surface area contributed by atoms with Gasteiger partial charge in [0.05, 0.1) is 5.69 Å². The van der Waals surface area contributed by atoms with E-state index in [1.54, 1.807) is 6.07 Å². The van der Waals surface area contributed by atoms with Crippen molar-refractivity contribution in [2.75, 3.05) is 5.73 Å². The molecule has 1 amide bonds. The van der Waals surface area contributed by atoms with Crippen LogP contribution in [0, 0.1) is 10.8 Å². The first kappa shape index (κ1) is 14.4. The minimum absolute atomic E-state index is 0.0222. The summed E-state index contributed by atoms with van der Waals surface area (Å²) >= 11 is 1.41. The maximum Gasteiger partial charge on any atom is 0.263 e. The van der Waals surface area contributed by atoms with Gasteiger partial charge < -0.3 is 11.1 Å². The summed E-state index contributed by atoms with van der Waals surface area (Å²) in [5.74, 6) is -0.0222. The molecule has 0 atom stereocenters. The molecule has 106 valence electrons. The zero-order valence-electron chi connectivity index (χ0n) is 12.2. The second kappa shape index (κ2) is 4.82. The Morgan fingerprint density at radius 2 is 1.89 bits per heavy atom. The van der Waals surface area contributed by atoms with Crippen LogP contribution < -0.4 is 11.1 Å². The molecule has 0 spiro atoms. The van der Waals surface area contributed by atoms with E-state index in [0.717, 1.165) is 12.8 Å². The number of carbonyl (C=O) groups is 1. The molecule has 1 aliphatic rings. The van der Waals surface area contributed by atoms with Crippen molar-refractivity contribution >= 4 is 22.9 Å². The van der Waals surface area contributed by atoms with Crippen LogP contribution in [-0.4, -0.2) is 11.9 Å². The lowest BCUT2D eigenvalue weighted by atomic mass is 9.63. The third-order valence-electron chi connectivity index (χ3n) is 3.79. The molecule has 0 aromatic carbocycles. The summed E-state index contributed by atoms with van der Waals surface area (Å²) < 4.78 is 0. The topological polar surface area (TPSA) is 55.1 Å². The van der Waals surface area contributed by atoms with Gasteiger partial charge in [-0.1, -0.05) is 27.7 Å². The second-order valence-electron chi connectivity index (χ2n) is 7.29. The summed E-state index contributed by atoms with van der Waals surface area (Å²) in [4.78, 5) is 12.9. The zero-order chi connectivity index (χ0) is 14.3. The number of nitrogens with one attached hydrogen (secondary N) is 1. The molecule has 1 aliphatic carbocycles. The van der Waals surface area contributed by atoms with Gasteiger partial charge in [-0.2, -0.15) is 0 Å². The van der Waals surface area contributed by atoms with Crippen LogP contribution in [0.5, 0.6) is 0 Å². The van der Waals surface area contributed by atoms with Gasteiger partial charge in [-0.25, -0.2) is 0 Å². The third kappa shape index (κ3) is 3.50. The molecule has 4 heteroatoms. The number of nitrogens with two attached hydrogens (primary N) is 1. The first-order valence-corrected chi connectivity index (χ1v) is 7.70. The van der Waals surface area contributed by atoms with Gasteiger partial charge in [0.1, 0.15) is 4.88 Å². The molecule has 1 fully saturated rings. The Hall–Kier alpha value is -1.03. The maximum absolute atomic E-state index is 12.2. The Morgan fingerprint density at radius 1 is 1.32 bits per heavy atom. The summed E-state index contributed by atoms with van der Waals surface area (Å²) in [6, 6.07) is 2.03. The standard InChI is InChI=1S/C15H24N2OS/c1-14(2)7-10(8-15(3,4)9-14)17-13(18)12-11(16)5-6-19-12/h5-6,10H,7-9,16H2,1-4H3,(H,17,18). The summed E-state index contributed by atoms with van der Waals surface area (Å²) in [5.41, 5.74) is 6.94. The van der Waals surface area contributed by atoms with Crippen molar-refractivity contribution < 1.29 is 4.79 Å². The Labute approximate surface area is 119 Å². The van der Waals surface area contributed by atoms with Crippen LogP contribution in [0.25, 0.3) is 0 Å². The first-order valence-electron chi connectivity index (χ1n) is 6.82. The van der Waals surface area contributed by atoms with Crippen molar-refractivity contribution in [2.24, 2.45) is 10.8 Å². The molecule has 1 aromatic heterocycles. The van der Waals surface area contributed by atoms with Crippen LogP contribution in [0.15, 0.2) is 11.4 Å². The highest BCUT2D eigenvalue weighted by atomic mass is 32.1. The molecule has 1 aromatic rings. The van der Waals surface area contributed by atoms with E-state index in [2.05, 4.69) is 33.0 Å². The van der Waals surface area contributed by atoms with E-state index in [1.807, 2.05) is 5.38 Å². The van der Waals surface area contributed by atoms with E-state index < -0.39 is 0 Å². The number of carbonyl (C=O) groups excluding carboxylic acids is 1. The molecule has 0 radical (unpaired) electrons. The normalized spacial score (nSPS) is 22.1. The van der Waals surface area contributed by atoms with Gasteiger partial charge >= 0.3 is 0 Å². The average Bonchev–Trinajstić information content (AvgIpc) is 2.58. The molecule has 19 heavy (non-hydrogen) atoms. The van der Waals surface area contributed by atoms with E-state index in [-0.39, 0.29) is 22.8 Å². The third-order valence-corrected chi connectivity index (χ3v) is 4.72. The largest absolute Gasteiger partial charge is 0.397 e. The van der Waals surface area contributed by atoms with E-state index in [0.29, 0.717) is 10.6 Å². The van der Waals surface area contributed by atoms with Gasteiger partial charge in [-0.05, 0) is 41.5 Å². The highest BCUT2D eigenvalue weighted by Gasteiger charge is 2.39. The fourth-order valence-corrected chi connectivity index (χ4v) is 4.42. The molecular formula is C15H24N2OS. The van der Waals surface area contributed by atoms with Crippen molar-refractivity contribution in [1.29, 1.82) is 0 Å². The van der Waals surface area contributed by atoms with Crippen LogP contribution >= 0.6 is 11.3 Å². The predicted molar refractivity (Wildman–Crippen MR) is 81.4 cm³/mol. The van der Waals surface area contributed by atoms with Crippen LogP contribution in [0.1, 0.15) is 56.6 Å². The molecule has 3 N–H and O–H groups in total. The molecule has 1 heterocycles. The molecule has 2 rings (SSSR count). The second-order valence-corrected chi connectivity index (χ2v) is 8.21. The molecular weight excluding hydrogens is 256 g/mol. The lowest BCUT2D eigenvalue weighted by molar-refractivity contribution is 0.0717. The van der Waals surface area contributed by atoms with Crippen molar-refractivity contribution in [3.05, 3.63) is 16.3 Å². The smallest absolute Gasteiger partial charge is 0.263 e. The number of hydrogen-bond donors (Lipinski definition) is 2. The Bertz CT molecular complexity index is 460. The summed E-state index contributed by atoms with van der Waals surface area (Å²) in [7, 11) is 0. The van der Waals surface area contributed by atoms with Crippen LogP contribution in [-0.2, 0) is 0 Å². The molecule has 0 saturated heterocycles. The van der Waals surface area contributed by atoms with E-state index in [9.17, 15) is 4.79 Å². The van der Waals surface area contributed by atoms with Crippen LogP contribution in [0.3, 0.4) is 0 Å². The van der Waals surface area contributed by atoms with E-state index >= 15 is 0 Å². The van der Waals surface area contributed by atoms with E-state index in [4.69, 9.17) is 5.73 Å². The van der Waals surface area contributed by atoms with Crippen LogP contribution in [0.4, 0.5) is 5.69 Å². The Morgan fingerprint density at radius 3 is 2.37 bits per heavy atom. The van der Waals surface area contributed by atoms with Gasteiger partial charge in [-0.15, -0.1) is 11.3 Å². The Balaban J connectivity index is 2.07. The number of anilines is 1. The summed E-state index contributed by atoms with van der Waals surface area (Å²) in [6.07, 6.45) is 3.27. The maximum atomic E-state index is 12.2. The number of rotatable bonds is 2. The fourth-order valence-electron chi connectivity index (χ4n) is 3.70. The first-order chi connectivity index (χ1) is 8.69. The summed E-state index contributed by atoms with van der Waals surface area (Å²) in [6.45, 7) is 9.14. The predicted octanol–water partition coefficient (Wildman–Crippen LogP) is 3.67. The highest BCUT2D eigenvalue weighted by molar-refractivity contribution is 7.12. The van der Waals surface area contributed by atoms with Gasteiger partial charge in [0, 0.05) is 6.04 Å². The average molecular weight is 280 g/mol. The lowest BCUT2D eigenvalue weighted by Gasteiger charge is -2.45. The van der Waals surface area contributed by atoms with Crippen LogP contribution in [0.2, 0.25) is 0 Å². The zero-order valence-corrected chi connectivity index (χ0v) is 13.1. The van der Waals surface area contributed by atoms with Gasteiger partial charge in [0.2, 0.25) is 0 Å². The summed E-state index contributed by atoms with van der Waals surface area (Å²) in [5, 5.41) is 5.02. The number of thiophene rings is 1. The van der Waals surface area contributed by atoms with Gasteiger partial charge in [0.15, 0.2) is 0 Å². The minimum atomic E-state index is -0.0222. The van der Waals surface area contributed by atoms with E-state index in [1.165, 1.54) is 17.8 Å². The van der Waals surface area contributed by atoms with Crippen molar-refractivity contribution in [2.45, 2.75) is 53.0 Å². The molecule has 0 aliphatic heterocycles. The number of nitrogen functional groups attached to an aromatic ring is 1. The SMILES string of the molecule is CC1(C)CC(NC(=O)c2sccc2N)CC(C)(C)C1. The molecule has 0 unspecified atom stereocenters. The van der Waals surface area contributed by atoms with Crippen molar-refractivity contribution in [3.63, 3.8) is 0 Å². The molecule has 1 saturated carbocycles. The van der Waals surface area contributed by atoms with Crippen molar-refractivity contribution in [3.8, 4) is 0 Å².